The van der Waals surface area contributed by atoms with E-state index >= 15 is 0 Å². The van der Waals surface area contributed by atoms with Gasteiger partial charge in [0.05, 0.1) is 5.57 Å². The summed E-state index contributed by atoms with van der Waals surface area (Å²) in [5.74, 6) is -0.693. The number of nitrogen functional groups attached to an aromatic ring is 1. The minimum absolute atomic E-state index is 0.289. The molecule has 0 amide bonds. The van der Waals surface area contributed by atoms with Crippen molar-refractivity contribution in [1.82, 2.24) is 0 Å². The van der Waals surface area contributed by atoms with Gasteiger partial charge in [-0.2, -0.15) is 0 Å². The van der Waals surface area contributed by atoms with E-state index in [4.69, 9.17) is 16.9 Å². The Morgan fingerprint density at radius 3 is 2.29 bits per heavy atom. The second-order valence-corrected chi connectivity index (χ2v) is 4.43. The molecule has 0 saturated carbocycles. The van der Waals surface area contributed by atoms with Crippen molar-refractivity contribution in [3.8, 4) is 0 Å². The van der Waals surface area contributed by atoms with Gasteiger partial charge in [-0.05, 0) is 42.0 Å². The number of nitrogens with two attached hydrogens (primary N) is 3. The Labute approximate surface area is 121 Å². The quantitative estimate of drug-likeness (QED) is 0.439. The molecular formula is C16H15FN3O+. The summed E-state index contributed by atoms with van der Waals surface area (Å²) in [6.45, 7) is 0. The van der Waals surface area contributed by atoms with Crippen molar-refractivity contribution in [3.63, 3.8) is 0 Å². The summed E-state index contributed by atoms with van der Waals surface area (Å²) < 4.78 is 12.9. The lowest BCUT2D eigenvalue weighted by atomic mass is 9.97. The molecule has 0 aliphatic carbocycles. The number of benzene rings is 2. The van der Waals surface area contributed by atoms with Crippen molar-refractivity contribution < 1.29 is 14.6 Å². The molecule has 0 bridgehead atoms. The highest BCUT2D eigenvalue weighted by molar-refractivity contribution is 6.14. The van der Waals surface area contributed by atoms with Gasteiger partial charge in [0.2, 0.25) is 0 Å². The molecule has 2 aromatic carbocycles. The average Bonchev–Trinajstić information content (AvgIpc) is 2.50. The monoisotopic (exact) mass is 284 g/mol. The van der Waals surface area contributed by atoms with E-state index in [0.717, 1.165) is 0 Å². The smallest absolute Gasteiger partial charge is 0.195 e. The number of allylic oxidation sites excluding steroid dienone is 1. The highest BCUT2D eigenvalue weighted by Crippen LogP contribution is 2.22. The van der Waals surface area contributed by atoms with E-state index in [1.165, 1.54) is 36.7 Å². The number of hydrogen-bond acceptors (Lipinski definition) is 3. The first-order valence-electron chi connectivity index (χ1n) is 6.24. The largest absolute Gasteiger partial charge is 0.404 e. The van der Waals surface area contributed by atoms with Gasteiger partial charge in [-0.15, -0.1) is 0 Å². The second kappa shape index (κ2) is 6.00. The van der Waals surface area contributed by atoms with Crippen molar-refractivity contribution in [3.05, 3.63) is 71.2 Å². The summed E-state index contributed by atoms with van der Waals surface area (Å²) in [6.07, 6.45) is 2.69. The number of carbonyl (C=O) groups is 1. The van der Waals surface area contributed by atoms with Crippen LogP contribution in [0.5, 0.6) is 0 Å². The maximum Gasteiger partial charge on any atom is 0.195 e. The SMILES string of the molecule is NC=C(C=[NH2+])c1ccc(N)c(C(=O)c2ccc(F)cc2)c1. The van der Waals surface area contributed by atoms with E-state index in [9.17, 15) is 9.18 Å². The first kappa shape index (κ1) is 14.5. The van der Waals surface area contributed by atoms with Crippen LogP contribution >= 0.6 is 0 Å². The Morgan fingerprint density at radius 2 is 1.71 bits per heavy atom. The third-order valence-corrected chi connectivity index (χ3v) is 3.10. The summed E-state index contributed by atoms with van der Waals surface area (Å²) in [5.41, 5.74) is 13.6. The molecule has 2 rings (SSSR count). The fourth-order valence-electron chi connectivity index (χ4n) is 1.94. The maximum absolute atomic E-state index is 12.9. The predicted molar refractivity (Wildman–Crippen MR) is 80.8 cm³/mol. The van der Waals surface area contributed by atoms with E-state index in [2.05, 4.69) is 0 Å². The highest BCUT2D eigenvalue weighted by atomic mass is 19.1. The normalized spacial score (nSPS) is 11.2. The van der Waals surface area contributed by atoms with Crippen molar-refractivity contribution in [2.45, 2.75) is 0 Å². The van der Waals surface area contributed by atoms with E-state index in [0.29, 0.717) is 28.0 Å². The second-order valence-electron chi connectivity index (χ2n) is 4.43. The number of hydrogen-bond donors (Lipinski definition) is 3. The zero-order chi connectivity index (χ0) is 15.4. The molecule has 0 spiro atoms. The summed E-state index contributed by atoms with van der Waals surface area (Å²) in [5, 5.41) is 5.48. The summed E-state index contributed by atoms with van der Waals surface area (Å²) in [7, 11) is 0. The van der Waals surface area contributed by atoms with Gasteiger partial charge in [0.1, 0.15) is 5.82 Å². The third kappa shape index (κ3) is 2.97. The van der Waals surface area contributed by atoms with Crippen LogP contribution in [-0.2, 0) is 0 Å². The maximum atomic E-state index is 12.9. The fourth-order valence-corrected chi connectivity index (χ4v) is 1.94. The number of carbonyl (C=O) groups excluding carboxylic acids is 1. The summed E-state index contributed by atoms with van der Waals surface area (Å²) >= 11 is 0. The molecule has 0 unspecified atom stereocenters. The molecule has 106 valence electrons. The van der Waals surface area contributed by atoms with Gasteiger partial charge in [0, 0.05) is 23.0 Å². The van der Waals surface area contributed by atoms with Gasteiger partial charge in [-0.1, -0.05) is 6.07 Å². The zero-order valence-electron chi connectivity index (χ0n) is 11.2. The van der Waals surface area contributed by atoms with Crippen molar-refractivity contribution in [2.75, 3.05) is 5.73 Å². The highest BCUT2D eigenvalue weighted by Gasteiger charge is 2.14. The minimum Gasteiger partial charge on any atom is -0.404 e. The van der Waals surface area contributed by atoms with E-state index in [1.807, 2.05) is 0 Å². The van der Waals surface area contributed by atoms with Crippen LogP contribution in [-0.4, -0.2) is 12.0 Å². The minimum atomic E-state index is -0.403. The average molecular weight is 284 g/mol. The zero-order valence-corrected chi connectivity index (χ0v) is 11.2. The molecular weight excluding hydrogens is 269 g/mol. The molecule has 0 saturated heterocycles. The lowest BCUT2D eigenvalue weighted by Crippen LogP contribution is -2.30. The molecule has 0 fully saturated rings. The van der Waals surface area contributed by atoms with Gasteiger partial charge in [0.25, 0.3) is 0 Å². The van der Waals surface area contributed by atoms with Crippen LogP contribution in [0.3, 0.4) is 0 Å². The summed E-state index contributed by atoms with van der Waals surface area (Å²) in [6, 6.07) is 10.2. The fraction of sp³-hybridized carbons (Fsp3) is 0. The molecule has 0 radical (unpaired) electrons. The number of halogens is 1. The van der Waals surface area contributed by atoms with E-state index in [1.54, 1.807) is 18.2 Å². The van der Waals surface area contributed by atoms with E-state index < -0.39 is 5.82 Å². The van der Waals surface area contributed by atoms with Gasteiger partial charge in [-0.25, -0.2) is 4.39 Å². The lowest BCUT2D eigenvalue weighted by molar-refractivity contribution is -0.103. The van der Waals surface area contributed by atoms with Crippen LogP contribution in [0.15, 0.2) is 48.7 Å². The number of anilines is 1. The molecule has 5 heteroatoms. The molecule has 0 aromatic heterocycles. The molecule has 0 atom stereocenters. The van der Waals surface area contributed by atoms with Crippen LogP contribution in [0.4, 0.5) is 10.1 Å². The first-order valence-corrected chi connectivity index (χ1v) is 6.24. The van der Waals surface area contributed by atoms with Crippen molar-refractivity contribution in [1.29, 1.82) is 0 Å². The Bertz CT molecular complexity index is 721. The van der Waals surface area contributed by atoms with Gasteiger partial charge >= 0.3 is 0 Å². The molecule has 0 aliphatic heterocycles. The van der Waals surface area contributed by atoms with Gasteiger partial charge in [0.15, 0.2) is 12.0 Å². The Morgan fingerprint density at radius 1 is 1.10 bits per heavy atom. The van der Waals surface area contributed by atoms with Crippen LogP contribution in [0, 0.1) is 5.82 Å². The predicted octanol–water partition coefficient (Wildman–Crippen LogP) is 0.768. The standard InChI is InChI=1S/C16H14FN3O/c17-13-4-1-10(2-5-13)16(21)14-7-11(3-6-15(14)20)12(8-18)9-19/h1-9,18H,19-20H2/p+1. The molecule has 0 aliphatic rings. The number of rotatable bonds is 4. The molecule has 21 heavy (non-hydrogen) atoms. The van der Waals surface area contributed by atoms with Crippen molar-refractivity contribution >= 4 is 23.3 Å². The molecule has 2 aromatic rings. The number of ketones is 1. The van der Waals surface area contributed by atoms with Crippen LogP contribution in [0.2, 0.25) is 0 Å². The van der Waals surface area contributed by atoms with Crippen LogP contribution < -0.4 is 16.9 Å². The Kier molecular flexibility index (Phi) is 4.13. The molecule has 0 heterocycles. The summed E-state index contributed by atoms with van der Waals surface area (Å²) in [4.78, 5) is 12.4. The Hall–Kier alpha value is -2.95. The lowest BCUT2D eigenvalue weighted by Gasteiger charge is -2.08. The third-order valence-electron chi connectivity index (χ3n) is 3.10. The Balaban J connectivity index is 2.48. The van der Waals surface area contributed by atoms with Gasteiger partial charge < -0.3 is 11.5 Å². The van der Waals surface area contributed by atoms with Gasteiger partial charge in [-0.3, -0.25) is 10.2 Å². The molecule has 6 N–H and O–H groups in total. The topological polar surface area (TPSA) is 94.7 Å². The van der Waals surface area contributed by atoms with Crippen molar-refractivity contribution in [2.24, 2.45) is 5.73 Å². The molecule has 4 nitrogen and oxygen atoms in total. The first-order chi connectivity index (χ1) is 10.1. The van der Waals surface area contributed by atoms with Crippen LogP contribution in [0.1, 0.15) is 21.5 Å². The van der Waals surface area contributed by atoms with Crippen LogP contribution in [0.25, 0.3) is 5.57 Å². The van der Waals surface area contributed by atoms with E-state index in [-0.39, 0.29) is 5.78 Å².